The van der Waals surface area contributed by atoms with Crippen molar-refractivity contribution in [2.75, 3.05) is 19.0 Å². The van der Waals surface area contributed by atoms with Crippen molar-refractivity contribution < 1.29 is 13.2 Å². The first-order valence-electron chi connectivity index (χ1n) is 7.05. The van der Waals surface area contributed by atoms with Crippen LogP contribution in [0.1, 0.15) is 38.2 Å². The van der Waals surface area contributed by atoms with E-state index in [1.54, 1.807) is 0 Å². The summed E-state index contributed by atoms with van der Waals surface area (Å²) in [4.78, 5) is 0. The van der Waals surface area contributed by atoms with Gasteiger partial charge in [0.1, 0.15) is 0 Å². The Bertz CT molecular complexity index is 473. The first kappa shape index (κ1) is 17.1. The number of rotatable bonds is 9. The van der Waals surface area contributed by atoms with Gasteiger partial charge in [-0.25, -0.2) is 13.6 Å². The van der Waals surface area contributed by atoms with E-state index in [4.69, 9.17) is 9.88 Å². The van der Waals surface area contributed by atoms with Crippen LogP contribution in [0.3, 0.4) is 0 Å². The van der Waals surface area contributed by atoms with E-state index < -0.39 is 10.0 Å². The third-order valence-corrected chi connectivity index (χ3v) is 4.07. The minimum Gasteiger partial charge on any atom is -0.381 e. The molecule has 0 aromatic heterocycles. The van der Waals surface area contributed by atoms with Gasteiger partial charge in [0.15, 0.2) is 0 Å². The topological polar surface area (TPSA) is 69.4 Å². The summed E-state index contributed by atoms with van der Waals surface area (Å²) in [5.41, 5.74) is 0.949. The maximum absolute atomic E-state index is 11.3. The maximum Gasteiger partial charge on any atom is 0.209 e. The van der Waals surface area contributed by atoms with Crippen LogP contribution in [0.5, 0.6) is 0 Å². The fraction of sp³-hybridized carbons (Fsp3) is 0.600. The second-order valence-electron chi connectivity index (χ2n) is 5.37. The second-order valence-corrected chi connectivity index (χ2v) is 7.03. The summed E-state index contributed by atoms with van der Waals surface area (Å²) >= 11 is 0. The van der Waals surface area contributed by atoms with Crippen LogP contribution in [0, 0.1) is 5.92 Å². The Morgan fingerprint density at radius 3 is 2.40 bits per heavy atom. The summed E-state index contributed by atoms with van der Waals surface area (Å²) in [7, 11) is -3.51. The van der Waals surface area contributed by atoms with E-state index >= 15 is 0 Å². The molecule has 0 saturated carbocycles. The molecule has 0 fully saturated rings. The molecule has 20 heavy (non-hydrogen) atoms. The van der Waals surface area contributed by atoms with Gasteiger partial charge in [-0.3, -0.25) is 0 Å². The molecule has 0 aliphatic carbocycles. The lowest BCUT2D eigenvalue weighted by Crippen LogP contribution is -2.25. The summed E-state index contributed by atoms with van der Waals surface area (Å²) < 4.78 is 28.4. The molecule has 1 aromatic rings. The van der Waals surface area contributed by atoms with E-state index in [-0.39, 0.29) is 11.7 Å². The lowest BCUT2D eigenvalue weighted by atomic mass is 10.0. The minimum atomic E-state index is -3.51. The molecule has 0 radical (unpaired) electrons. The highest BCUT2D eigenvalue weighted by molar-refractivity contribution is 7.89. The van der Waals surface area contributed by atoms with Gasteiger partial charge in [-0.15, -0.1) is 0 Å². The van der Waals surface area contributed by atoms with Gasteiger partial charge in [-0.05, 0) is 17.9 Å². The number of sulfonamides is 1. The SMILES string of the molecule is CCCC(C)COCC(CS(N)(=O)=O)c1ccccc1. The van der Waals surface area contributed by atoms with Crippen molar-refractivity contribution in [2.24, 2.45) is 11.1 Å². The molecule has 2 atom stereocenters. The van der Waals surface area contributed by atoms with Gasteiger partial charge in [0.05, 0.1) is 12.4 Å². The predicted octanol–water partition coefficient (Wildman–Crippen LogP) is 2.51. The molecule has 0 bridgehead atoms. The molecule has 0 aliphatic heterocycles. The number of nitrogens with two attached hydrogens (primary N) is 1. The van der Waals surface area contributed by atoms with Crippen molar-refractivity contribution in [2.45, 2.75) is 32.6 Å². The Balaban J connectivity index is 2.60. The van der Waals surface area contributed by atoms with Crippen molar-refractivity contribution in [1.29, 1.82) is 0 Å². The second kappa shape index (κ2) is 8.39. The summed E-state index contributed by atoms with van der Waals surface area (Å²) in [6.45, 7) is 5.32. The number of hydrogen-bond acceptors (Lipinski definition) is 3. The Hall–Kier alpha value is -0.910. The molecule has 4 nitrogen and oxygen atoms in total. The Labute approximate surface area is 122 Å². The lowest BCUT2D eigenvalue weighted by Gasteiger charge is -2.18. The molecular weight excluding hydrogens is 274 g/mol. The third-order valence-electron chi connectivity index (χ3n) is 3.21. The van der Waals surface area contributed by atoms with Gasteiger partial charge in [-0.1, -0.05) is 50.6 Å². The van der Waals surface area contributed by atoms with Crippen molar-refractivity contribution in [3.05, 3.63) is 35.9 Å². The van der Waals surface area contributed by atoms with Crippen molar-refractivity contribution in [3.8, 4) is 0 Å². The lowest BCUT2D eigenvalue weighted by molar-refractivity contribution is 0.0933. The van der Waals surface area contributed by atoms with Crippen LogP contribution >= 0.6 is 0 Å². The highest BCUT2D eigenvalue weighted by atomic mass is 32.2. The van der Waals surface area contributed by atoms with Crippen LogP contribution < -0.4 is 5.14 Å². The molecule has 2 N–H and O–H groups in total. The van der Waals surface area contributed by atoms with E-state index in [1.165, 1.54) is 0 Å². The Kier molecular flexibility index (Phi) is 7.19. The van der Waals surface area contributed by atoms with Gasteiger partial charge < -0.3 is 4.74 Å². The van der Waals surface area contributed by atoms with Gasteiger partial charge in [-0.2, -0.15) is 0 Å². The highest BCUT2D eigenvalue weighted by Gasteiger charge is 2.18. The predicted molar refractivity (Wildman–Crippen MR) is 82.0 cm³/mol. The van der Waals surface area contributed by atoms with Crippen LogP contribution in [0.15, 0.2) is 30.3 Å². The fourth-order valence-electron chi connectivity index (χ4n) is 2.23. The molecule has 0 saturated heterocycles. The molecule has 1 aromatic carbocycles. The van der Waals surface area contributed by atoms with Gasteiger partial charge >= 0.3 is 0 Å². The summed E-state index contributed by atoms with van der Waals surface area (Å²) in [5.74, 6) is 0.199. The smallest absolute Gasteiger partial charge is 0.209 e. The molecular formula is C15H25NO3S. The average molecular weight is 299 g/mol. The number of primary sulfonamides is 1. The van der Waals surface area contributed by atoms with Gasteiger partial charge in [0, 0.05) is 12.5 Å². The summed E-state index contributed by atoms with van der Waals surface area (Å²) in [6.07, 6.45) is 2.25. The first-order chi connectivity index (χ1) is 9.42. The van der Waals surface area contributed by atoms with Crippen LogP contribution in [-0.4, -0.2) is 27.4 Å². The quantitative estimate of drug-likeness (QED) is 0.761. The minimum absolute atomic E-state index is 0.0842. The summed E-state index contributed by atoms with van der Waals surface area (Å²) in [6, 6.07) is 9.52. The molecule has 1 rings (SSSR count). The maximum atomic E-state index is 11.3. The standard InChI is InChI=1S/C15H25NO3S/c1-3-7-13(2)10-19-11-15(12-20(16,17)18)14-8-5-4-6-9-14/h4-6,8-9,13,15H,3,7,10-12H2,1-2H3,(H2,16,17,18). The zero-order chi connectivity index (χ0) is 15.0. The highest BCUT2D eigenvalue weighted by Crippen LogP contribution is 2.18. The van der Waals surface area contributed by atoms with Crippen LogP contribution in [0.4, 0.5) is 0 Å². The van der Waals surface area contributed by atoms with E-state index in [0.717, 1.165) is 18.4 Å². The van der Waals surface area contributed by atoms with Gasteiger partial charge in [0.25, 0.3) is 0 Å². The molecule has 114 valence electrons. The largest absolute Gasteiger partial charge is 0.381 e. The molecule has 0 spiro atoms. The molecule has 5 heteroatoms. The van der Waals surface area contributed by atoms with Crippen LogP contribution in [0.25, 0.3) is 0 Å². The molecule has 0 aliphatic rings. The van der Waals surface area contributed by atoms with E-state index in [9.17, 15) is 8.42 Å². The number of benzene rings is 1. The zero-order valence-corrected chi connectivity index (χ0v) is 13.1. The number of ether oxygens (including phenoxy) is 1. The van der Waals surface area contributed by atoms with E-state index in [2.05, 4.69) is 13.8 Å². The Morgan fingerprint density at radius 2 is 1.85 bits per heavy atom. The van der Waals surface area contributed by atoms with E-state index in [0.29, 0.717) is 19.1 Å². The average Bonchev–Trinajstić information content (AvgIpc) is 2.37. The molecule has 2 unspecified atom stereocenters. The van der Waals surface area contributed by atoms with Crippen molar-refractivity contribution >= 4 is 10.0 Å². The zero-order valence-electron chi connectivity index (χ0n) is 12.3. The molecule has 0 amide bonds. The summed E-state index contributed by atoms with van der Waals surface area (Å²) in [5, 5.41) is 5.17. The fourth-order valence-corrected chi connectivity index (χ4v) is 3.08. The van der Waals surface area contributed by atoms with Gasteiger partial charge in [0.2, 0.25) is 10.0 Å². The van der Waals surface area contributed by atoms with E-state index in [1.807, 2.05) is 30.3 Å². The van der Waals surface area contributed by atoms with Crippen molar-refractivity contribution in [3.63, 3.8) is 0 Å². The molecule has 0 heterocycles. The van der Waals surface area contributed by atoms with Crippen LogP contribution in [-0.2, 0) is 14.8 Å². The monoisotopic (exact) mass is 299 g/mol. The first-order valence-corrected chi connectivity index (χ1v) is 8.77. The van der Waals surface area contributed by atoms with Crippen molar-refractivity contribution in [1.82, 2.24) is 0 Å². The van der Waals surface area contributed by atoms with Crippen LogP contribution in [0.2, 0.25) is 0 Å². The normalized spacial score (nSPS) is 14.9. The third kappa shape index (κ3) is 7.03. The Morgan fingerprint density at radius 1 is 1.20 bits per heavy atom. The number of hydrogen-bond donors (Lipinski definition) is 1.